The average Bonchev–Trinajstić information content (AvgIpc) is 3.56. The van der Waals surface area contributed by atoms with Crippen LogP contribution in [0.5, 0.6) is 0 Å². The Hall–Kier alpha value is -2.03. The summed E-state index contributed by atoms with van der Waals surface area (Å²) in [5.41, 5.74) is 3.03. The van der Waals surface area contributed by atoms with E-state index in [2.05, 4.69) is 139 Å². The van der Waals surface area contributed by atoms with Gasteiger partial charge in [-0.15, -0.1) is 81.2 Å². The molecule has 0 aromatic heterocycles. The van der Waals surface area contributed by atoms with Crippen molar-refractivity contribution in [2.24, 2.45) is 0 Å². The Labute approximate surface area is 258 Å². The van der Waals surface area contributed by atoms with Crippen molar-refractivity contribution in [3.05, 3.63) is 116 Å². The second-order valence-corrected chi connectivity index (χ2v) is 14.0. The van der Waals surface area contributed by atoms with E-state index >= 15 is 0 Å². The van der Waals surface area contributed by atoms with Crippen LogP contribution in [-0.2, 0) is 38.7 Å². The molecule has 0 spiro atoms. The first-order valence-electron chi connectivity index (χ1n) is 14.5. The minimum Gasteiger partial charge on any atom is -0.343 e. The van der Waals surface area contributed by atoms with E-state index in [1.54, 1.807) is 10.4 Å². The van der Waals surface area contributed by atoms with Crippen molar-refractivity contribution >= 4 is 45.2 Å². The summed E-state index contributed by atoms with van der Waals surface area (Å²) in [5.74, 6) is 0. The molecule has 202 valence electrons. The van der Waals surface area contributed by atoms with Crippen LogP contribution in [0.25, 0.3) is 21.5 Å². The van der Waals surface area contributed by atoms with Gasteiger partial charge in [-0.1, -0.05) is 94.7 Å². The Bertz CT molecular complexity index is 1300. The molecule has 5 aromatic carbocycles. The summed E-state index contributed by atoms with van der Waals surface area (Å²) in [4.78, 5) is 0. The molecule has 0 aliphatic rings. The molecule has 5 aromatic rings. The monoisotopic (exact) mass is 698 g/mol. The summed E-state index contributed by atoms with van der Waals surface area (Å²) in [6.45, 7) is 18.6. The smallest absolute Gasteiger partial charge is 0.343 e. The molecule has 0 aliphatic heterocycles. The van der Waals surface area contributed by atoms with Crippen LogP contribution < -0.4 is 15.6 Å². The second-order valence-electron chi connectivity index (χ2n) is 10.2. The molecule has 0 N–H and O–H groups in total. The van der Waals surface area contributed by atoms with Crippen molar-refractivity contribution in [1.82, 2.24) is 0 Å². The summed E-state index contributed by atoms with van der Waals surface area (Å²) in [6, 6.07) is 34.2. The van der Waals surface area contributed by atoms with E-state index in [-0.39, 0.29) is 25.8 Å². The fourth-order valence-corrected chi connectivity index (χ4v) is 10.5. The zero-order valence-corrected chi connectivity index (χ0v) is 29.4. The molecular formula is C37H46HfSi. The molecule has 0 amide bonds. The van der Waals surface area contributed by atoms with Gasteiger partial charge >= 0.3 is 25.8 Å². The predicted octanol–water partition coefficient (Wildman–Crippen LogP) is 8.89. The van der Waals surface area contributed by atoms with Gasteiger partial charge in [0.25, 0.3) is 0 Å². The average molecular weight is 697 g/mol. The molecule has 0 heterocycles. The van der Waals surface area contributed by atoms with Crippen molar-refractivity contribution in [2.45, 2.75) is 72.8 Å². The Morgan fingerprint density at radius 2 is 0.949 bits per heavy atom. The molecule has 0 fully saturated rings. The van der Waals surface area contributed by atoms with Gasteiger partial charge in [-0.05, 0) is 12.8 Å². The summed E-state index contributed by atoms with van der Waals surface area (Å²) < 4.78 is 0. The third kappa shape index (κ3) is 7.19. The zero-order valence-electron chi connectivity index (χ0n) is 24.8. The van der Waals surface area contributed by atoms with Crippen LogP contribution in [0.4, 0.5) is 0 Å². The Kier molecular flexibility index (Phi) is 13.9. The van der Waals surface area contributed by atoms with Crippen molar-refractivity contribution in [3.63, 3.8) is 0 Å². The maximum Gasteiger partial charge on any atom is 4.00 e. The maximum atomic E-state index is 3.60. The maximum absolute atomic E-state index is 3.60. The van der Waals surface area contributed by atoms with E-state index in [1.807, 2.05) is 0 Å². The Morgan fingerprint density at radius 3 is 1.31 bits per heavy atom. The number of benzene rings is 3. The van der Waals surface area contributed by atoms with Gasteiger partial charge in [0.15, 0.2) is 0 Å². The number of fused-ring (bicyclic) bond motifs is 2. The Balaban J connectivity index is 0.000000527. The van der Waals surface area contributed by atoms with Gasteiger partial charge < -0.3 is 13.8 Å². The molecule has 0 aliphatic carbocycles. The van der Waals surface area contributed by atoms with Crippen LogP contribution >= 0.6 is 0 Å². The van der Waals surface area contributed by atoms with E-state index in [9.17, 15) is 0 Å². The fourth-order valence-electron chi connectivity index (χ4n) is 5.49. The molecule has 0 saturated heterocycles. The zero-order chi connectivity index (χ0) is 27.5. The SMILES string of the molecule is CCc1[cH-]c2ccccc2c1[Si](C)(c1ccccc1)c1c(CC)[cH-]c2ccccc12.[CH2-]CCC.[CH2-]CCC.[Hf+4]. The minimum absolute atomic E-state index is 0. The molecule has 0 nitrogen and oxygen atoms in total. The third-order valence-electron chi connectivity index (χ3n) is 7.58. The van der Waals surface area contributed by atoms with Crippen molar-refractivity contribution in [1.29, 1.82) is 0 Å². The summed E-state index contributed by atoms with van der Waals surface area (Å²) in [6.07, 6.45) is 6.69. The van der Waals surface area contributed by atoms with E-state index in [4.69, 9.17) is 0 Å². The summed E-state index contributed by atoms with van der Waals surface area (Å²) >= 11 is 0. The van der Waals surface area contributed by atoms with Gasteiger partial charge in [0.1, 0.15) is 0 Å². The molecule has 0 bridgehead atoms. The van der Waals surface area contributed by atoms with Gasteiger partial charge in [-0.25, -0.2) is 0 Å². The van der Waals surface area contributed by atoms with Crippen LogP contribution in [0, 0.1) is 13.8 Å². The van der Waals surface area contributed by atoms with E-state index in [0.29, 0.717) is 0 Å². The number of hydrogen-bond acceptors (Lipinski definition) is 0. The third-order valence-corrected chi connectivity index (χ3v) is 12.3. The molecule has 5 rings (SSSR count). The van der Waals surface area contributed by atoms with E-state index in [0.717, 1.165) is 25.7 Å². The van der Waals surface area contributed by atoms with Crippen LogP contribution in [-0.4, -0.2) is 8.07 Å². The van der Waals surface area contributed by atoms with Gasteiger partial charge in [0.2, 0.25) is 0 Å². The first-order chi connectivity index (χ1) is 18.5. The minimum atomic E-state index is -2.23. The van der Waals surface area contributed by atoms with Gasteiger partial charge in [0, 0.05) is 8.07 Å². The topological polar surface area (TPSA) is 0 Å². The van der Waals surface area contributed by atoms with Gasteiger partial charge in [-0.3, -0.25) is 0 Å². The van der Waals surface area contributed by atoms with Crippen LogP contribution in [0.2, 0.25) is 6.55 Å². The molecule has 39 heavy (non-hydrogen) atoms. The van der Waals surface area contributed by atoms with Crippen molar-refractivity contribution in [3.8, 4) is 0 Å². The quantitative estimate of drug-likeness (QED) is 0.118. The van der Waals surface area contributed by atoms with Crippen LogP contribution in [0.3, 0.4) is 0 Å². The second kappa shape index (κ2) is 16.3. The van der Waals surface area contributed by atoms with Crippen molar-refractivity contribution < 1.29 is 25.8 Å². The fraction of sp³-hybridized carbons (Fsp3) is 0.297. The number of aryl methyl sites for hydroxylation is 2. The van der Waals surface area contributed by atoms with E-state index in [1.165, 1.54) is 50.7 Å². The summed E-state index contributed by atoms with van der Waals surface area (Å²) in [7, 11) is -2.23. The molecular weight excluding hydrogens is 651 g/mol. The molecule has 2 heteroatoms. The van der Waals surface area contributed by atoms with Gasteiger partial charge in [0.05, 0.1) is 0 Å². The number of rotatable bonds is 7. The molecule has 0 radical (unpaired) electrons. The first kappa shape index (κ1) is 33.2. The molecule has 0 atom stereocenters. The van der Waals surface area contributed by atoms with Crippen LogP contribution in [0.15, 0.2) is 91.0 Å². The first-order valence-corrected chi connectivity index (χ1v) is 17.0. The largest absolute Gasteiger partial charge is 4.00 e. The van der Waals surface area contributed by atoms with Crippen molar-refractivity contribution in [2.75, 3.05) is 0 Å². The Morgan fingerprint density at radius 1 is 0.590 bits per heavy atom. The van der Waals surface area contributed by atoms with Crippen LogP contribution in [0.1, 0.15) is 64.5 Å². The number of hydrogen-bond donors (Lipinski definition) is 0. The predicted molar refractivity (Wildman–Crippen MR) is 175 cm³/mol. The van der Waals surface area contributed by atoms with Gasteiger partial charge in [-0.2, -0.15) is 23.2 Å². The normalized spacial score (nSPS) is 10.8. The van der Waals surface area contributed by atoms with E-state index < -0.39 is 8.07 Å². The molecule has 0 unspecified atom stereocenters. The standard InChI is InChI=1S/C29H28Si.2C4H9.Hf/c1-4-21-19-23-13-9-11-17-26(23)28(21)30(3,25-15-7-6-8-16-25)29-22(5-2)20-24-14-10-12-18-27(24)29;2*1-3-4-2;/h6-20H,4-5H2,1-3H3;2*1,3-4H2,2H3;/q-2;2*-1;+4. The molecule has 0 saturated carbocycles. The summed E-state index contributed by atoms with van der Waals surface area (Å²) in [5, 5.41) is 10.4. The number of unbranched alkanes of at least 4 members (excludes halogenated alkanes) is 2.